The molecule has 2 aliphatic carbocycles. The number of aliphatic hydroxyl groups excluding tert-OH is 1. The van der Waals surface area contributed by atoms with E-state index in [1.54, 1.807) is 0 Å². The van der Waals surface area contributed by atoms with Gasteiger partial charge in [0.1, 0.15) is 0 Å². The van der Waals surface area contributed by atoms with Crippen molar-refractivity contribution in [2.75, 3.05) is 6.61 Å². The summed E-state index contributed by atoms with van der Waals surface area (Å²) in [5.74, 6) is 4.68. The first-order valence-electron chi connectivity index (χ1n) is 10.6. The highest BCUT2D eigenvalue weighted by atomic mass is 16.2. The number of aliphatic hydroxyl groups is 1. The second-order valence-electron chi connectivity index (χ2n) is 9.47. The molecule has 0 aromatic rings. The fourth-order valence-corrected chi connectivity index (χ4v) is 6.23. The van der Waals surface area contributed by atoms with Gasteiger partial charge in [0, 0.05) is 6.61 Å². The Bertz CT molecular complexity index is 337. The van der Waals surface area contributed by atoms with Crippen molar-refractivity contribution < 1.29 is 5.11 Å². The van der Waals surface area contributed by atoms with Crippen molar-refractivity contribution in [2.24, 2.45) is 35.0 Å². The van der Waals surface area contributed by atoms with Gasteiger partial charge in [-0.1, -0.05) is 72.6 Å². The van der Waals surface area contributed by atoms with Crippen molar-refractivity contribution >= 4 is 0 Å². The predicted molar refractivity (Wildman–Crippen MR) is 100 cm³/mol. The molecule has 2 rings (SSSR count). The van der Waals surface area contributed by atoms with E-state index < -0.39 is 0 Å². The van der Waals surface area contributed by atoms with Gasteiger partial charge in [0.15, 0.2) is 0 Å². The Morgan fingerprint density at radius 1 is 1.00 bits per heavy atom. The molecule has 0 heterocycles. The van der Waals surface area contributed by atoms with Crippen molar-refractivity contribution in [3.8, 4) is 0 Å². The molecule has 0 radical (unpaired) electrons. The molecular weight excluding hydrogens is 280 g/mol. The van der Waals surface area contributed by atoms with Crippen LogP contribution < -0.4 is 0 Å². The second kappa shape index (κ2) is 8.88. The first kappa shape index (κ1) is 19.3. The Morgan fingerprint density at radius 3 is 2.48 bits per heavy atom. The summed E-state index contributed by atoms with van der Waals surface area (Å²) in [5.41, 5.74) is 0.624. The highest BCUT2D eigenvalue weighted by Gasteiger charge is 2.51. The third-order valence-electron chi connectivity index (χ3n) is 7.45. The lowest BCUT2D eigenvalue weighted by molar-refractivity contribution is 0.0242. The van der Waals surface area contributed by atoms with E-state index in [2.05, 4.69) is 27.7 Å². The Balaban J connectivity index is 1.91. The quantitative estimate of drug-likeness (QED) is 0.484. The minimum absolute atomic E-state index is 0.379. The molecule has 1 N–H and O–H groups in total. The molecule has 2 aliphatic rings. The zero-order valence-electron chi connectivity index (χ0n) is 16.3. The Labute approximate surface area is 145 Å². The minimum atomic E-state index is 0.379. The van der Waals surface area contributed by atoms with Gasteiger partial charge in [-0.25, -0.2) is 0 Å². The molecule has 2 fully saturated rings. The summed E-state index contributed by atoms with van der Waals surface area (Å²) < 4.78 is 0. The average Bonchev–Trinajstić information content (AvgIpc) is 2.85. The molecule has 1 heteroatoms. The molecule has 1 unspecified atom stereocenters. The lowest BCUT2D eigenvalue weighted by atomic mass is 9.58. The van der Waals surface area contributed by atoms with Crippen LogP contribution in [0.4, 0.5) is 0 Å². The van der Waals surface area contributed by atoms with Gasteiger partial charge >= 0.3 is 0 Å². The summed E-state index contributed by atoms with van der Waals surface area (Å²) in [6.07, 6.45) is 15.3. The Kier molecular flexibility index (Phi) is 7.45. The van der Waals surface area contributed by atoms with Gasteiger partial charge in [-0.05, 0) is 60.7 Å². The third kappa shape index (κ3) is 4.74. The van der Waals surface area contributed by atoms with Crippen LogP contribution in [0, 0.1) is 35.0 Å². The number of hydrogen-bond acceptors (Lipinski definition) is 1. The van der Waals surface area contributed by atoms with Crippen LogP contribution in [0.3, 0.4) is 0 Å². The molecule has 5 atom stereocenters. The number of fused-ring (bicyclic) bond motifs is 1. The van der Waals surface area contributed by atoms with Crippen LogP contribution in [0.15, 0.2) is 0 Å². The van der Waals surface area contributed by atoms with Gasteiger partial charge in [0.25, 0.3) is 0 Å². The summed E-state index contributed by atoms with van der Waals surface area (Å²) >= 11 is 0. The van der Waals surface area contributed by atoms with Gasteiger partial charge in [-0.3, -0.25) is 0 Å². The maximum atomic E-state index is 9.07. The lowest BCUT2D eigenvalue weighted by Crippen LogP contribution is -2.39. The fourth-order valence-electron chi connectivity index (χ4n) is 6.23. The molecule has 1 nitrogen and oxygen atoms in total. The number of unbranched alkanes of at least 4 members (excludes halogenated alkanes) is 1. The first-order chi connectivity index (χ1) is 11.0. The van der Waals surface area contributed by atoms with Gasteiger partial charge in [-0.2, -0.15) is 0 Å². The highest BCUT2D eigenvalue weighted by molar-refractivity contribution is 5.01. The maximum Gasteiger partial charge on any atom is 0.0431 e. The van der Waals surface area contributed by atoms with Gasteiger partial charge in [-0.15, -0.1) is 0 Å². The Hall–Kier alpha value is -0.0400. The van der Waals surface area contributed by atoms with E-state index in [0.717, 1.165) is 36.0 Å². The van der Waals surface area contributed by atoms with E-state index in [1.807, 2.05) is 0 Å². The average molecular weight is 323 g/mol. The number of hydrogen-bond donors (Lipinski definition) is 1. The molecule has 0 aromatic heterocycles. The summed E-state index contributed by atoms with van der Waals surface area (Å²) in [7, 11) is 0. The highest BCUT2D eigenvalue weighted by Crippen LogP contribution is 2.60. The summed E-state index contributed by atoms with van der Waals surface area (Å²) in [4.78, 5) is 0. The van der Waals surface area contributed by atoms with Gasteiger partial charge in [0.2, 0.25) is 0 Å². The molecule has 0 aromatic carbocycles. The molecule has 0 amide bonds. The van der Waals surface area contributed by atoms with Crippen molar-refractivity contribution in [1.29, 1.82) is 0 Å². The molecule has 0 saturated heterocycles. The normalized spacial score (nSPS) is 35.5. The van der Waals surface area contributed by atoms with Crippen LogP contribution in [0.2, 0.25) is 0 Å². The molecule has 2 saturated carbocycles. The topological polar surface area (TPSA) is 20.2 Å². The largest absolute Gasteiger partial charge is 0.396 e. The SMILES string of the molecule is CC(C)CCC[C@@H](C)[C@H]1CC[C@H]2C(CCCCO)CCC[C@]12C. The smallest absolute Gasteiger partial charge is 0.0431 e. The van der Waals surface area contributed by atoms with Crippen LogP contribution in [0.5, 0.6) is 0 Å². The first-order valence-corrected chi connectivity index (χ1v) is 10.6. The van der Waals surface area contributed by atoms with E-state index in [1.165, 1.54) is 64.2 Å². The monoisotopic (exact) mass is 322 g/mol. The standard InChI is InChI=1S/C22H42O/c1-17(2)9-7-10-18(3)20-13-14-21-19(11-5-6-16-23)12-8-15-22(20,21)4/h17-21,23H,5-16H2,1-4H3/t18-,19?,20-,21+,22-/m1/s1. The second-order valence-corrected chi connectivity index (χ2v) is 9.47. The van der Waals surface area contributed by atoms with Crippen molar-refractivity contribution in [2.45, 2.75) is 98.3 Å². The van der Waals surface area contributed by atoms with E-state index in [9.17, 15) is 0 Å². The minimum Gasteiger partial charge on any atom is -0.396 e. The van der Waals surface area contributed by atoms with Crippen molar-refractivity contribution in [3.63, 3.8) is 0 Å². The molecular formula is C22H42O. The van der Waals surface area contributed by atoms with Gasteiger partial charge in [0.05, 0.1) is 0 Å². The van der Waals surface area contributed by atoms with E-state index in [4.69, 9.17) is 5.11 Å². The van der Waals surface area contributed by atoms with E-state index in [-0.39, 0.29) is 0 Å². The summed E-state index contributed by atoms with van der Waals surface area (Å²) in [6, 6.07) is 0. The van der Waals surface area contributed by atoms with E-state index >= 15 is 0 Å². The fraction of sp³-hybridized carbons (Fsp3) is 1.00. The summed E-state index contributed by atoms with van der Waals surface area (Å²) in [5, 5.41) is 9.07. The Morgan fingerprint density at radius 2 is 1.78 bits per heavy atom. The van der Waals surface area contributed by atoms with E-state index in [0.29, 0.717) is 12.0 Å². The van der Waals surface area contributed by atoms with Crippen LogP contribution in [0.25, 0.3) is 0 Å². The van der Waals surface area contributed by atoms with Crippen molar-refractivity contribution in [1.82, 2.24) is 0 Å². The molecule has 0 bridgehead atoms. The van der Waals surface area contributed by atoms with Crippen LogP contribution in [-0.2, 0) is 0 Å². The zero-order valence-corrected chi connectivity index (χ0v) is 16.3. The van der Waals surface area contributed by atoms with Crippen LogP contribution >= 0.6 is 0 Å². The molecule has 136 valence electrons. The number of rotatable bonds is 9. The molecule has 0 aliphatic heterocycles. The molecule has 0 spiro atoms. The van der Waals surface area contributed by atoms with Gasteiger partial charge < -0.3 is 5.11 Å². The molecule has 23 heavy (non-hydrogen) atoms. The van der Waals surface area contributed by atoms with Crippen LogP contribution in [-0.4, -0.2) is 11.7 Å². The maximum absolute atomic E-state index is 9.07. The lowest BCUT2D eigenvalue weighted by Gasteiger charge is -2.47. The van der Waals surface area contributed by atoms with Crippen molar-refractivity contribution in [3.05, 3.63) is 0 Å². The summed E-state index contributed by atoms with van der Waals surface area (Å²) in [6.45, 7) is 10.3. The van der Waals surface area contributed by atoms with Crippen LogP contribution in [0.1, 0.15) is 98.3 Å². The third-order valence-corrected chi connectivity index (χ3v) is 7.45. The zero-order chi connectivity index (χ0) is 16.9. The predicted octanol–water partition coefficient (Wildman–Crippen LogP) is 6.44.